The molecule has 6 nitrogen and oxygen atoms in total. The van der Waals surface area contributed by atoms with E-state index in [1.807, 2.05) is 66.3 Å². The standard InChI is InChI=1S/C24H28N4O2S2/c1-4-27(14-18-8-6-5-7-9-18)23(29)20-15-31-22(26-20)19-10-12-28(13-11-19)24(30)21-16(2)25-17(3)32-21/h5-9,15,19H,4,10-14H2,1-3H3. The predicted octanol–water partition coefficient (Wildman–Crippen LogP) is 4.90. The average molecular weight is 469 g/mol. The third-order valence-electron chi connectivity index (χ3n) is 5.86. The number of carbonyl (C=O) groups excluding carboxylic acids is 2. The maximum Gasteiger partial charge on any atom is 0.273 e. The van der Waals surface area contributed by atoms with Crippen molar-refractivity contribution in [3.05, 3.63) is 67.6 Å². The second kappa shape index (κ2) is 9.92. The fourth-order valence-corrected chi connectivity index (χ4v) is 5.92. The second-order valence-electron chi connectivity index (χ2n) is 8.09. The summed E-state index contributed by atoms with van der Waals surface area (Å²) in [5.41, 5.74) is 2.46. The lowest BCUT2D eigenvalue weighted by molar-refractivity contribution is 0.0716. The molecule has 2 amide bonds. The summed E-state index contributed by atoms with van der Waals surface area (Å²) in [5, 5.41) is 3.81. The number of aromatic nitrogens is 2. The first-order chi connectivity index (χ1) is 15.5. The van der Waals surface area contributed by atoms with Crippen LogP contribution in [0.4, 0.5) is 0 Å². The Bertz CT molecular complexity index is 1080. The summed E-state index contributed by atoms with van der Waals surface area (Å²) in [5.74, 6) is 0.350. The van der Waals surface area contributed by atoms with Gasteiger partial charge in [-0.25, -0.2) is 9.97 Å². The Hall–Kier alpha value is -2.58. The van der Waals surface area contributed by atoms with Crippen LogP contribution < -0.4 is 0 Å². The summed E-state index contributed by atoms with van der Waals surface area (Å²) in [6, 6.07) is 10.0. The van der Waals surface area contributed by atoms with Crippen LogP contribution in [0.2, 0.25) is 0 Å². The zero-order valence-corrected chi connectivity index (χ0v) is 20.3. The molecule has 0 bridgehead atoms. The summed E-state index contributed by atoms with van der Waals surface area (Å²) in [6.45, 7) is 8.46. The second-order valence-corrected chi connectivity index (χ2v) is 10.2. The summed E-state index contributed by atoms with van der Waals surface area (Å²) in [4.78, 5) is 39.5. The van der Waals surface area contributed by atoms with Crippen molar-refractivity contribution in [3.63, 3.8) is 0 Å². The van der Waals surface area contributed by atoms with Crippen molar-refractivity contribution in [2.24, 2.45) is 0 Å². The minimum Gasteiger partial charge on any atom is -0.338 e. The van der Waals surface area contributed by atoms with Gasteiger partial charge in [-0.05, 0) is 39.2 Å². The van der Waals surface area contributed by atoms with Gasteiger partial charge in [0.2, 0.25) is 0 Å². The lowest BCUT2D eigenvalue weighted by atomic mass is 9.97. The Morgan fingerprint density at radius 3 is 2.47 bits per heavy atom. The smallest absolute Gasteiger partial charge is 0.273 e. The van der Waals surface area contributed by atoms with Gasteiger partial charge in [0.15, 0.2) is 0 Å². The molecule has 1 aliphatic rings. The number of amides is 2. The molecule has 3 aromatic rings. The van der Waals surface area contributed by atoms with Gasteiger partial charge in [-0.15, -0.1) is 22.7 Å². The predicted molar refractivity (Wildman–Crippen MR) is 128 cm³/mol. The van der Waals surface area contributed by atoms with Crippen molar-refractivity contribution in [1.82, 2.24) is 19.8 Å². The van der Waals surface area contributed by atoms with Crippen molar-refractivity contribution in [3.8, 4) is 0 Å². The van der Waals surface area contributed by atoms with Gasteiger partial charge in [-0.3, -0.25) is 9.59 Å². The van der Waals surface area contributed by atoms with E-state index >= 15 is 0 Å². The number of thiazole rings is 2. The maximum atomic E-state index is 13.0. The lowest BCUT2D eigenvalue weighted by Gasteiger charge is -2.31. The highest BCUT2D eigenvalue weighted by atomic mass is 32.1. The van der Waals surface area contributed by atoms with Gasteiger partial charge >= 0.3 is 0 Å². The van der Waals surface area contributed by atoms with E-state index < -0.39 is 0 Å². The first-order valence-electron chi connectivity index (χ1n) is 11.0. The van der Waals surface area contributed by atoms with Gasteiger partial charge < -0.3 is 9.80 Å². The SMILES string of the molecule is CCN(Cc1ccccc1)C(=O)c1csc(C2CCN(C(=O)c3sc(C)nc3C)CC2)n1. The first kappa shape index (κ1) is 22.6. The Morgan fingerprint density at radius 2 is 1.84 bits per heavy atom. The highest BCUT2D eigenvalue weighted by Gasteiger charge is 2.29. The van der Waals surface area contributed by atoms with Crippen molar-refractivity contribution in [2.45, 2.75) is 46.1 Å². The summed E-state index contributed by atoms with van der Waals surface area (Å²) >= 11 is 3.03. The zero-order valence-electron chi connectivity index (χ0n) is 18.7. The summed E-state index contributed by atoms with van der Waals surface area (Å²) in [6.07, 6.45) is 1.73. The number of carbonyl (C=O) groups is 2. The van der Waals surface area contributed by atoms with E-state index in [4.69, 9.17) is 4.98 Å². The molecule has 1 aromatic carbocycles. The molecule has 0 N–H and O–H groups in total. The molecule has 32 heavy (non-hydrogen) atoms. The number of piperidine rings is 1. The van der Waals surface area contributed by atoms with E-state index in [0.29, 0.717) is 37.8 Å². The van der Waals surface area contributed by atoms with Crippen LogP contribution in [0.1, 0.15) is 67.1 Å². The molecule has 0 atom stereocenters. The summed E-state index contributed by atoms with van der Waals surface area (Å²) < 4.78 is 0. The van der Waals surface area contributed by atoms with Crippen molar-refractivity contribution in [1.29, 1.82) is 0 Å². The number of hydrogen-bond acceptors (Lipinski definition) is 6. The van der Waals surface area contributed by atoms with Crippen molar-refractivity contribution < 1.29 is 9.59 Å². The molecule has 168 valence electrons. The lowest BCUT2D eigenvalue weighted by Crippen LogP contribution is -2.37. The molecule has 1 fully saturated rings. The molecule has 0 aliphatic carbocycles. The van der Waals surface area contributed by atoms with Crippen molar-refractivity contribution >= 4 is 34.5 Å². The Morgan fingerprint density at radius 1 is 1.12 bits per heavy atom. The highest BCUT2D eigenvalue weighted by Crippen LogP contribution is 2.32. The number of hydrogen-bond donors (Lipinski definition) is 0. The van der Waals surface area contributed by atoms with Crippen LogP contribution in [0, 0.1) is 13.8 Å². The third kappa shape index (κ3) is 4.91. The molecule has 0 saturated carbocycles. The molecule has 8 heteroatoms. The van der Waals surface area contributed by atoms with Gasteiger partial charge in [-0.2, -0.15) is 0 Å². The first-order valence-corrected chi connectivity index (χ1v) is 12.7. The molecule has 0 radical (unpaired) electrons. The quantitative estimate of drug-likeness (QED) is 0.516. The Kier molecular flexibility index (Phi) is 7.01. The van der Waals surface area contributed by atoms with Gasteiger partial charge in [-0.1, -0.05) is 30.3 Å². The van der Waals surface area contributed by atoms with Crippen LogP contribution in [0.3, 0.4) is 0 Å². The molecule has 1 aliphatic heterocycles. The largest absolute Gasteiger partial charge is 0.338 e. The minimum atomic E-state index is -0.0255. The zero-order chi connectivity index (χ0) is 22.7. The fraction of sp³-hybridized carbons (Fsp3) is 0.417. The van der Waals surface area contributed by atoms with E-state index in [1.54, 1.807) is 11.3 Å². The van der Waals surface area contributed by atoms with Crippen LogP contribution in [-0.2, 0) is 6.54 Å². The number of nitrogens with zero attached hydrogens (tertiary/aromatic N) is 4. The molecule has 0 spiro atoms. The van der Waals surface area contributed by atoms with E-state index in [2.05, 4.69) is 4.98 Å². The topological polar surface area (TPSA) is 66.4 Å². The molecule has 0 unspecified atom stereocenters. The molecule has 2 aromatic heterocycles. The molecule has 4 rings (SSSR count). The van der Waals surface area contributed by atoms with Crippen LogP contribution in [0.15, 0.2) is 35.7 Å². The summed E-state index contributed by atoms with van der Waals surface area (Å²) in [7, 11) is 0. The van der Waals surface area contributed by atoms with E-state index in [0.717, 1.165) is 39.0 Å². The monoisotopic (exact) mass is 468 g/mol. The molecule has 1 saturated heterocycles. The normalized spacial score (nSPS) is 14.5. The Labute approximate surface area is 196 Å². The minimum absolute atomic E-state index is 0.0255. The Balaban J connectivity index is 1.37. The number of likely N-dealkylation sites (tertiary alicyclic amines) is 1. The third-order valence-corrected chi connectivity index (χ3v) is 7.92. The van der Waals surface area contributed by atoms with Crippen LogP contribution in [-0.4, -0.2) is 51.2 Å². The van der Waals surface area contributed by atoms with Gasteiger partial charge in [0.1, 0.15) is 10.6 Å². The van der Waals surface area contributed by atoms with E-state index in [1.165, 1.54) is 11.3 Å². The van der Waals surface area contributed by atoms with Crippen LogP contribution >= 0.6 is 22.7 Å². The van der Waals surface area contributed by atoms with Crippen LogP contribution in [0.5, 0.6) is 0 Å². The molecule has 3 heterocycles. The number of benzene rings is 1. The fourth-order valence-electron chi connectivity index (χ4n) is 4.07. The van der Waals surface area contributed by atoms with E-state index in [9.17, 15) is 9.59 Å². The molecular formula is C24H28N4O2S2. The number of aryl methyl sites for hydroxylation is 2. The van der Waals surface area contributed by atoms with Crippen molar-refractivity contribution in [2.75, 3.05) is 19.6 Å². The highest BCUT2D eigenvalue weighted by molar-refractivity contribution is 7.13. The van der Waals surface area contributed by atoms with E-state index in [-0.39, 0.29) is 11.8 Å². The number of rotatable bonds is 6. The van der Waals surface area contributed by atoms with Gasteiger partial charge in [0.25, 0.3) is 11.8 Å². The average Bonchev–Trinajstić information content (AvgIpc) is 3.44. The molecular weight excluding hydrogens is 440 g/mol. The van der Waals surface area contributed by atoms with Gasteiger partial charge in [0, 0.05) is 37.5 Å². The van der Waals surface area contributed by atoms with Crippen LogP contribution in [0.25, 0.3) is 0 Å². The van der Waals surface area contributed by atoms with Gasteiger partial charge in [0.05, 0.1) is 15.7 Å². The maximum absolute atomic E-state index is 13.0.